The van der Waals surface area contributed by atoms with Crippen molar-refractivity contribution in [2.45, 2.75) is 35.5 Å². The first kappa shape index (κ1) is 26.5. The van der Waals surface area contributed by atoms with Crippen molar-refractivity contribution in [3.8, 4) is 0 Å². The molecule has 0 bridgehead atoms. The Hall–Kier alpha value is -3.13. The predicted octanol–water partition coefficient (Wildman–Crippen LogP) is 2.43. The molecule has 13 heteroatoms. The molecule has 1 aliphatic heterocycles. The molecule has 202 valence electrons. The summed E-state index contributed by atoms with van der Waals surface area (Å²) in [6.45, 7) is 2.58. The second kappa shape index (κ2) is 11.3. The van der Waals surface area contributed by atoms with Crippen LogP contribution in [0.2, 0.25) is 0 Å². The lowest BCUT2D eigenvalue weighted by molar-refractivity contribution is -0.110. The number of hydrogen-bond donors (Lipinski definition) is 2. The lowest BCUT2D eigenvalue weighted by atomic mass is 10.1. The van der Waals surface area contributed by atoms with Crippen LogP contribution in [0.4, 0.5) is 10.9 Å². The van der Waals surface area contributed by atoms with E-state index >= 15 is 0 Å². The highest BCUT2D eigenvalue weighted by atomic mass is 32.2. The molecule has 1 amide bonds. The van der Waals surface area contributed by atoms with E-state index in [1.165, 1.54) is 23.5 Å². The highest BCUT2D eigenvalue weighted by molar-refractivity contribution is 7.92. The number of ether oxygens (including phenoxy) is 1. The summed E-state index contributed by atoms with van der Waals surface area (Å²) < 4.78 is 30.5. The van der Waals surface area contributed by atoms with E-state index in [9.17, 15) is 13.2 Å². The maximum atomic E-state index is 13.3. The normalized spacial score (nSPS) is 18.1. The number of hydrogen-bond acceptors (Lipinski definition) is 11. The first-order valence-corrected chi connectivity index (χ1v) is 14.8. The van der Waals surface area contributed by atoms with Crippen LogP contribution < -0.4 is 15.5 Å². The number of pyridine rings is 1. The van der Waals surface area contributed by atoms with Gasteiger partial charge in [0, 0.05) is 32.1 Å². The van der Waals surface area contributed by atoms with Crippen LogP contribution in [0.3, 0.4) is 0 Å². The topological polar surface area (TPSA) is 135 Å². The summed E-state index contributed by atoms with van der Waals surface area (Å²) in [5.74, 6) is 0.289. The van der Waals surface area contributed by atoms with Gasteiger partial charge in [0.05, 0.1) is 23.4 Å². The van der Waals surface area contributed by atoms with Crippen molar-refractivity contribution in [2.24, 2.45) is 5.16 Å². The zero-order valence-electron chi connectivity index (χ0n) is 21.2. The quantitative estimate of drug-likeness (QED) is 0.269. The van der Waals surface area contributed by atoms with Gasteiger partial charge in [-0.15, -0.1) is 0 Å². The van der Waals surface area contributed by atoms with Crippen LogP contribution in [0.15, 0.2) is 46.4 Å². The third-order valence-electron chi connectivity index (χ3n) is 6.37. The number of carbonyl (C=O) groups is 1. The van der Waals surface area contributed by atoms with Gasteiger partial charge in [-0.05, 0) is 44.2 Å². The average molecular weight is 559 g/mol. The molecular weight excluding hydrogens is 528 g/mol. The van der Waals surface area contributed by atoms with E-state index in [-0.39, 0.29) is 22.0 Å². The van der Waals surface area contributed by atoms with E-state index in [1.54, 1.807) is 12.1 Å². The summed E-state index contributed by atoms with van der Waals surface area (Å²) in [6.07, 6.45) is 1.78. The van der Waals surface area contributed by atoms with Crippen LogP contribution in [0.5, 0.6) is 0 Å². The molecule has 1 atom stereocenters. The maximum absolute atomic E-state index is 13.3. The molecule has 11 nitrogen and oxygen atoms in total. The fourth-order valence-electron chi connectivity index (χ4n) is 3.95. The highest BCUT2D eigenvalue weighted by Crippen LogP contribution is 2.33. The number of benzene rings is 1. The van der Waals surface area contributed by atoms with Gasteiger partial charge >= 0.3 is 0 Å². The number of rotatable bonds is 11. The molecule has 2 aromatic heterocycles. The minimum absolute atomic E-state index is 0.0203. The molecule has 2 N–H and O–H groups in total. The smallest absolute Gasteiger partial charge is 0.280 e. The summed E-state index contributed by atoms with van der Waals surface area (Å²) in [5.41, 5.74) is 1.12. The van der Waals surface area contributed by atoms with Gasteiger partial charge in [0.25, 0.3) is 5.91 Å². The fraction of sp³-hybridized carbons (Fsp3) is 0.440. The van der Waals surface area contributed by atoms with Crippen molar-refractivity contribution in [1.29, 1.82) is 0 Å². The summed E-state index contributed by atoms with van der Waals surface area (Å²) in [6, 6.07) is 9.95. The summed E-state index contributed by atoms with van der Waals surface area (Å²) in [7, 11) is 0.524. The van der Waals surface area contributed by atoms with Gasteiger partial charge in [-0.1, -0.05) is 28.6 Å². The Kier molecular flexibility index (Phi) is 7.88. The first-order valence-electron chi connectivity index (χ1n) is 12.5. The highest BCUT2D eigenvalue weighted by Gasteiger charge is 2.36. The number of nitrogens with one attached hydrogen (secondary N) is 2. The Labute approximate surface area is 225 Å². The van der Waals surface area contributed by atoms with Crippen molar-refractivity contribution in [2.75, 3.05) is 50.6 Å². The SMILES string of the molecule is CNCCN(C)c1ccc2nc(NC(=O)C(=NO[C@@H]3CCOC3)c3ccc(S(=O)(=O)C4CC4)cc3)sc2n1. The van der Waals surface area contributed by atoms with E-state index in [4.69, 9.17) is 9.57 Å². The Balaban J connectivity index is 1.37. The van der Waals surface area contributed by atoms with E-state index in [0.29, 0.717) is 53.5 Å². The number of nitrogens with zero attached hydrogens (tertiary/aromatic N) is 4. The van der Waals surface area contributed by atoms with Gasteiger partial charge in [0.15, 0.2) is 26.8 Å². The zero-order valence-corrected chi connectivity index (χ0v) is 22.8. The molecule has 38 heavy (non-hydrogen) atoms. The number of thiazole rings is 1. The van der Waals surface area contributed by atoms with Crippen molar-refractivity contribution in [1.82, 2.24) is 15.3 Å². The van der Waals surface area contributed by atoms with Gasteiger partial charge < -0.3 is 19.8 Å². The van der Waals surface area contributed by atoms with E-state index in [1.807, 2.05) is 31.1 Å². The van der Waals surface area contributed by atoms with E-state index in [2.05, 4.69) is 25.8 Å². The summed E-state index contributed by atoms with van der Waals surface area (Å²) >= 11 is 1.26. The molecule has 0 unspecified atom stereocenters. The lowest BCUT2D eigenvalue weighted by Gasteiger charge is -2.17. The third-order valence-corrected chi connectivity index (χ3v) is 9.52. The molecule has 3 heterocycles. The van der Waals surface area contributed by atoms with Crippen LogP contribution in [0.1, 0.15) is 24.8 Å². The van der Waals surface area contributed by atoms with Crippen LogP contribution in [0.25, 0.3) is 10.3 Å². The van der Waals surface area contributed by atoms with Gasteiger partial charge in [-0.25, -0.2) is 18.4 Å². The second-order valence-electron chi connectivity index (χ2n) is 9.29. The number of carbonyl (C=O) groups excluding carboxylic acids is 1. The number of anilines is 2. The van der Waals surface area contributed by atoms with Gasteiger partial charge in [-0.2, -0.15) is 0 Å². The molecule has 1 saturated heterocycles. The largest absolute Gasteiger partial charge is 0.389 e. The van der Waals surface area contributed by atoms with Gasteiger partial charge in [0.1, 0.15) is 16.2 Å². The Morgan fingerprint density at radius 3 is 2.66 bits per heavy atom. The fourth-order valence-corrected chi connectivity index (χ4v) is 6.43. The number of aromatic nitrogens is 2. The standard InChI is InChI=1S/C25H30N6O5S2/c1-26-12-13-31(2)21-10-9-20-24(28-21)37-25(27-20)29-23(32)22(30-36-17-11-14-35-15-17)16-3-5-18(6-4-16)38(33,34)19-7-8-19/h3-6,9-10,17,19,26H,7-8,11-15H2,1-2H3,(H,27,29,32)/t17-/m1/s1. The maximum Gasteiger partial charge on any atom is 0.280 e. The van der Waals surface area contributed by atoms with Crippen LogP contribution in [-0.2, 0) is 24.2 Å². The lowest BCUT2D eigenvalue weighted by Crippen LogP contribution is -2.27. The van der Waals surface area contributed by atoms with Gasteiger partial charge in [0.2, 0.25) is 0 Å². The van der Waals surface area contributed by atoms with Crippen LogP contribution >= 0.6 is 11.3 Å². The van der Waals surface area contributed by atoms with Crippen molar-refractivity contribution >= 4 is 54.1 Å². The predicted molar refractivity (Wildman–Crippen MR) is 147 cm³/mol. The first-order chi connectivity index (χ1) is 18.3. The average Bonchev–Trinajstić information content (AvgIpc) is 3.52. The Bertz CT molecular complexity index is 1430. The number of fused-ring (bicyclic) bond motifs is 1. The van der Waals surface area contributed by atoms with Gasteiger partial charge in [-0.3, -0.25) is 10.1 Å². The van der Waals surface area contributed by atoms with Crippen molar-refractivity contribution < 1.29 is 22.8 Å². The van der Waals surface area contributed by atoms with Crippen LogP contribution in [0, 0.1) is 0 Å². The van der Waals surface area contributed by atoms with E-state index in [0.717, 1.165) is 18.9 Å². The summed E-state index contributed by atoms with van der Waals surface area (Å²) in [4.78, 5) is 31.1. The zero-order chi connectivity index (χ0) is 26.7. The molecule has 1 aromatic carbocycles. The molecule has 3 aromatic rings. The minimum Gasteiger partial charge on any atom is -0.389 e. The number of likely N-dealkylation sites (N-methyl/N-ethyl adjacent to an activating group) is 2. The number of sulfone groups is 1. The van der Waals surface area contributed by atoms with Crippen molar-refractivity contribution in [3.63, 3.8) is 0 Å². The molecule has 1 aliphatic carbocycles. The van der Waals surface area contributed by atoms with E-state index < -0.39 is 15.7 Å². The Morgan fingerprint density at radius 2 is 1.97 bits per heavy atom. The number of oxime groups is 1. The molecule has 2 fully saturated rings. The molecular formula is C25H30N6O5S2. The van der Waals surface area contributed by atoms with Crippen LogP contribution in [-0.4, -0.2) is 81.8 Å². The molecule has 0 radical (unpaired) electrons. The molecule has 5 rings (SSSR count). The molecule has 0 spiro atoms. The van der Waals surface area contributed by atoms with Crippen molar-refractivity contribution in [3.05, 3.63) is 42.0 Å². The monoisotopic (exact) mass is 558 g/mol. The second-order valence-corrected chi connectivity index (χ2v) is 12.5. The molecule has 1 saturated carbocycles. The summed E-state index contributed by atoms with van der Waals surface area (Å²) in [5, 5.41) is 10.1. The number of amides is 1. The minimum atomic E-state index is -3.34. The third kappa shape index (κ3) is 5.96. The Morgan fingerprint density at radius 1 is 1.18 bits per heavy atom. The molecule has 2 aliphatic rings.